The molecule has 24 heavy (non-hydrogen) atoms. The summed E-state index contributed by atoms with van der Waals surface area (Å²) in [5.74, 6) is 0.0738. The van der Waals surface area contributed by atoms with Crippen molar-refractivity contribution in [1.29, 1.82) is 0 Å². The molecule has 1 amide bonds. The second-order valence-corrected chi connectivity index (χ2v) is 8.19. The third kappa shape index (κ3) is 4.88. The lowest BCUT2D eigenvalue weighted by Crippen LogP contribution is -2.39. The van der Waals surface area contributed by atoms with Gasteiger partial charge in [-0.05, 0) is 44.2 Å². The summed E-state index contributed by atoms with van der Waals surface area (Å²) in [4.78, 5) is 20.3. The van der Waals surface area contributed by atoms with Crippen LogP contribution in [-0.2, 0) is 11.2 Å². The van der Waals surface area contributed by atoms with Gasteiger partial charge in [0.25, 0.3) is 0 Å². The zero-order chi connectivity index (χ0) is 16.8. The van der Waals surface area contributed by atoms with Crippen molar-refractivity contribution >= 4 is 28.6 Å². The largest absolute Gasteiger partial charge is 0.356 e. The van der Waals surface area contributed by atoms with Crippen LogP contribution < -0.4 is 5.32 Å². The fourth-order valence-corrected chi connectivity index (χ4v) is 4.76. The van der Waals surface area contributed by atoms with E-state index in [-0.39, 0.29) is 5.91 Å². The summed E-state index contributed by atoms with van der Waals surface area (Å²) in [6.45, 7) is 5.36. The number of amides is 1. The first kappa shape index (κ1) is 17.6. The molecule has 2 aromatic rings. The van der Waals surface area contributed by atoms with Gasteiger partial charge in [0.15, 0.2) is 0 Å². The van der Waals surface area contributed by atoms with Gasteiger partial charge in [-0.15, -0.1) is 22.7 Å². The van der Waals surface area contributed by atoms with Gasteiger partial charge in [-0.25, -0.2) is 4.98 Å². The van der Waals surface area contributed by atoms with E-state index in [2.05, 4.69) is 28.2 Å². The normalized spacial score (nSPS) is 18.6. The van der Waals surface area contributed by atoms with Crippen LogP contribution >= 0.6 is 22.7 Å². The first-order chi connectivity index (χ1) is 11.7. The molecule has 1 aliphatic rings. The van der Waals surface area contributed by atoms with Gasteiger partial charge in [-0.2, -0.15) is 0 Å². The number of hydrogen-bond acceptors (Lipinski definition) is 5. The average molecular weight is 364 g/mol. The third-order valence-corrected chi connectivity index (χ3v) is 6.44. The van der Waals surface area contributed by atoms with Crippen LogP contribution in [0.3, 0.4) is 0 Å². The first-order valence-corrected chi connectivity index (χ1v) is 10.5. The Hall–Kier alpha value is -1.24. The maximum Gasteiger partial charge on any atom is 0.226 e. The number of thiazole rings is 1. The summed E-state index contributed by atoms with van der Waals surface area (Å²) in [6, 6.07) is 4.78. The molecule has 0 saturated carbocycles. The van der Waals surface area contributed by atoms with E-state index in [1.165, 1.54) is 30.7 Å². The average Bonchev–Trinajstić information content (AvgIpc) is 3.24. The van der Waals surface area contributed by atoms with Crippen molar-refractivity contribution in [1.82, 2.24) is 15.2 Å². The van der Waals surface area contributed by atoms with E-state index in [0.29, 0.717) is 12.5 Å². The van der Waals surface area contributed by atoms with Crippen molar-refractivity contribution in [2.24, 2.45) is 0 Å². The Morgan fingerprint density at radius 3 is 3.12 bits per heavy atom. The second kappa shape index (κ2) is 8.74. The van der Waals surface area contributed by atoms with E-state index < -0.39 is 0 Å². The van der Waals surface area contributed by atoms with Gasteiger partial charge in [-0.3, -0.25) is 4.79 Å². The molecule has 130 valence electrons. The minimum Gasteiger partial charge on any atom is -0.356 e. The summed E-state index contributed by atoms with van der Waals surface area (Å²) in [6.07, 6.45) is 5.38. The smallest absolute Gasteiger partial charge is 0.226 e. The van der Waals surface area contributed by atoms with Crippen LogP contribution in [0.5, 0.6) is 0 Å². The molecule has 4 nitrogen and oxygen atoms in total. The molecular weight excluding hydrogens is 338 g/mol. The fraction of sp³-hybridized carbons (Fsp3) is 0.556. The van der Waals surface area contributed by atoms with Crippen molar-refractivity contribution in [3.8, 4) is 9.88 Å². The highest BCUT2D eigenvalue weighted by molar-refractivity contribution is 7.20. The van der Waals surface area contributed by atoms with Crippen molar-refractivity contribution in [2.45, 2.75) is 45.1 Å². The summed E-state index contributed by atoms with van der Waals surface area (Å²) in [5.41, 5.74) is 0.866. The Bertz CT molecular complexity index is 638. The number of piperidine rings is 1. The van der Waals surface area contributed by atoms with E-state index in [0.717, 1.165) is 30.2 Å². The van der Waals surface area contributed by atoms with Gasteiger partial charge in [-0.1, -0.05) is 12.5 Å². The molecule has 3 rings (SSSR count). The van der Waals surface area contributed by atoms with Crippen LogP contribution in [0.1, 0.15) is 38.3 Å². The van der Waals surface area contributed by atoms with E-state index in [1.54, 1.807) is 22.7 Å². The molecule has 2 aromatic heterocycles. The summed E-state index contributed by atoms with van der Waals surface area (Å²) >= 11 is 3.29. The van der Waals surface area contributed by atoms with Crippen LogP contribution in [0.2, 0.25) is 0 Å². The van der Waals surface area contributed by atoms with Gasteiger partial charge in [0.05, 0.1) is 17.0 Å². The number of nitrogens with zero attached hydrogens (tertiary/aromatic N) is 2. The Kier molecular flexibility index (Phi) is 6.40. The lowest BCUT2D eigenvalue weighted by atomic mass is 10.0. The van der Waals surface area contributed by atoms with Gasteiger partial charge in [0, 0.05) is 24.5 Å². The molecule has 0 spiro atoms. The molecule has 1 saturated heterocycles. The number of aromatic nitrogens is 1. The highest BCUT2D eigenvalue weighted by atomic mass is 32.1. The van der Waals surface area contributed by atoms with Crippen molar-refractivity contribution < 1.29 is 4.79 Å². The molecule has 1 N–H and O–H groups in total. The van der Waals surface area contributed by atoms with E-state index >= 15 is 0 Å². The van der Waals surface area contributed by atoms with Gasteiger partial charge >= 0.3 is 0 Å². The number of thiophene rings is 1. The highest BCUT2D eigenvalue weighted by Gasteiger charge is 2.17. The number of likely N-dealkylation sites (tertiary alicyclic amines) is 1. The lowest BCUT2D eigenvalue weighted by molar-refractivity contribution is -0.120. The zero-order valence-corrected chi connectivity index (χ0v) is 15.8. The van der Waals surface area contributed by atoms with Crippen LogP contribution in [0, 0.1) is 0 Å². The van der Waals surface area contributed by atoms with Gasteiger partial charge < -0.3 is 10.2 Å². The molecule has 0 radical (unpaired) electrons. The molecule has 0 bridgehead atoms. The first-order valence-electron chi connectivity index (χ1n) is 8.71. The summed E-state index contributed by atoms with van der Waals surface area (Å²) in [5, 5.41) is 8.08. The van der Waals surface area contributed by atoms with Crippen LogP contribution in [-0.4, -0.2) is 41.5 Å². The molecule has 1 fully saturated rings. The molecule has 6 heteroatoms. The summed E-state index contributed by atoms with van der Waals surface area (Å²) in [7, 11) is 0. The third-order valence-electron chi connectivity index (χ3n) is 4.51. The minimum atomic E-state index is 0.0738. The maximum absolute atomic E-state index is 12.1. The van der Waals surface area contributed by atoms with E-state index in [1.807, 2.05) is 16.8 Å². The molecule has 0 aliphatic carbocycles. The molecule has 3 heterocycles. The van der Waals surface area contributed by atoms with Crippen molar-refractivity contribution in [3.63, 3.8) is 0 Å². The maximum atomic E-state index is 12.1. The SMILES string of the molecule is CC1CCCCN1CCCNC(=O)Cc1csc(-c2cccs2)n1. The minimum absolute atomic E-state index is 0.0738. The Balaban J connectivity index is 1.37. The number of carbonyl (C=O) groups excluding carboxylic acids is 1. The quantitative estimate of drug-likeness (QED) is 0.761. The Morgan fingerprint density at radius 2 is 2.33 bits per heavy atom. The van der Waals surface area contributed by atoms with Gasteiger partial charge in [0.1, 0.15) is 5.01 Å². The van der Waals surface area contributed by atoms with E-state index in [4.69, 9.17) is 0 Å². The van der Waals surface area contributed by atoms with Crippen molar-refractivity contribution in [3.05, 3.63) is 28.6 Å². The lowest BCUT2D eigenvalue weighted by Gasteiger charge is -2.33. The monoisotopic (exact) mass is 363 g/mol. The molecule has 1 aliphatic heterocycles. The molecule has 1 unspecified atom stereocenters. The van der Waals surface area contributed by atoms with Crippen LogP contribution in [0.15, 0.2) is 22.9 Å². The number of hydrogen-bond donors (Lipinski definition) is 1. The highest BCUT2D eigenvalue weighted by Crippen LogP contribution is 2.27. The predicted molar refractivity (Wildman–Crippen MR) is 102 cm³/mol. The number of carbonyl (C=O) groups is 1. The topological polar surface area (TPSA) is 45.2 Å². The summed E-state index contributed by atoms with van der Waals surface area (Å²) < 4.78 is 0. The Labute approximate surface area is 151 Å². The van der Waals surface area contributed by atoms with Crippen LogP contribution in [0.4, 0.5) is 0 Å². The second-order valence-electron chi connectivity index (χ2n) is 6.38. The number of rotatable bonds is 7. The molecular formula is C18H25N3OS2. The van der Waals surface area contributed by atoms with E-state index in [9.17, 15) is 4.79 Å². The predicted octanol–water partition coefficient (Wildman–Crippen LogP) is 3.79. The number of nitrogens with one attached hydrogen (secondary N) is 1. The van der Waals surface area contributed by atoms with Gasteiger partial charge in [0.2, 0.25) is 5.91 Å². The standard InChI is InChI=1S/C18H25N3OS2/c1-14-6-2-3-9-21(14)10-5-8-19-17(22)12-15-13-24-18(20-15)16-7-4-11-23-16/h4,7,11,13-14H,2-3,5-6,8-10,12H2,1H3,(H,19,22). The van der Waals surface area contributed by atoms with Crippen LogP contribution in [0.25, 0.3) is 9.88 Å². The zero-order valence-electron chi connectivity index (χ0n) is 14.2. The fourth-order valence-electron chi connectivity index (χ4n) is 3.13. The molecule has 0 aromatic carbocycles. The Morgan fingerprint density at radius 1 is 1.42 bits per heavy atom. The molecule has 1 atom stereocenters. The van der Waals surface area contributed by atoms with Crippen molar-refractivity contribution in [2.75, 3.05) is 19.6 Å².